The van der Waals surface area contributed by atoms with E-state index in [1.165, 1.54) is 25.3 Å². The zero-order chi connectivity index (χ0) is 19.5. The van der Waals surface area contributed by atoms with Crippen LogP contribution in [0.1, 0.15) is 35.7 Å². The van der Waals surface area contributed by atoms with E-state index in [4.69, 9.17) is 0 Å². The molecule has 1 aromatic heterocycles. The van der Waals surface area contributed by atoms with Crippen LogP contribution in [0.5, 0.6) is 0 Å². The van der Waals surface area contributed by atoms with Crippen molar-refractivity contribution in [3.05, 3.63) is 65.7 Å². The molecule has 0 aliphatic carbocycles. The van der Waals surface area contributed by atoms with Crippen LogP contribution in [0.3, 0.4) is 0 Å². The van der Waals surface area contributed by atoms with Crippen LogP contribution in [0.25, 0.3) is 10.9 Å². The number of anilines is 1. The maximum Gasteiger partial charge on any atom is 0.257 e. The average Bonchev–Trinajstić information content (AvgIpc) is 3.12. The molecule has 5 heteroatoms. The van der Waals surface area contributed by atoms with Crippen LogP contribution in [-0.2, 0) is 11.2 Å². The maximum absolute atomic E-state index is 12.0. The molecule has 2 heterocycles. The number of carbonyl (C=O) groups excluding carboxylic acids is 2. The van der Waals surface area contributed by atoms with E-state index in [1.54, 1.807) is 6.07 Å². The molecule has 144 valence electrons. The first-order chi connectivity index (χ1) is 13.6. The number of amides is 2. The van der Waals surface area contributed by atoms with Crippen molar-refractivity contribution in [2.45, 2.75) is 26.2 Å². The second kappa shape index (κ2) is 7.89. The number of H-pyrrole nitrogens is 1. The van der Waals surface area contributed by atoms with Crippen LogP contribution in [0, 0.1) is 5.92 Å². The number of hydrogen-bond donors (Lipinski definition) is 2. The molecule has 4 rings (SSSR count). The molecule has 28 heavy (non-hydrogen) atoms. The number of hydrogen-bond acceptors (Lipinski definition) is 3. The second-order valence-corrected chi connectivity index (χ2v) is 7.59. The van der Waals surface area contributed by atoms with Crippen LogP contribution in [0.15, 0.2) is 54.6 Å². The Bertz CT molecular complexity index is 986. The molecule has 0 unspecified atom stereocenters. The van der Waals surface area contributed by atoms with Crippen molar-refractivity contribution in [2.75, 3.05) is 18.0 Å². The smallest absolute Gasteiger partial charge is 0.257 e. The van der Waals surface area contributed by atoms with E-state index in [0.717, 1.165) is 42.1 Å². The fourth-order valence-electron chi connectivity index (χ4n) is 3.99. The van der Waals surface area contributed by atoms with Crippen molar-refractivity contribution in [2.24, 2.45) is 5.92 Å². The fraction of sp³-hybridized carbons (Fsp3) is 0.304. The summed E-state index contributed by atoms with van der Waals surface area (Å²) in [6, 6.07) is 18.3. The molecule has 1 aliphatic heterocycles. The van der Waals surface area contributed by atoms with Crippen LogP contribution < -0.4 is 10.2 Å². The van der Waals surface area contributed by atoms with Gasteiger partial charge in [-0.05, 0) is 55.0 Å². The molecule has 2 N–H and O–H groups in total. The first-order valence-electron chi connectivity index (χ1n) is 9.82. The number of fused-ring (bicyclic) bond motifs is 1. The first kappa shape index (κ1) is 18.3. The van der Waals surface area contributed by atoms with Gasteiger partial charge in [0.2, 0.25) is 5.91 Å². The zero-order valence-corrected chi connectivity index (χ0v) is 16.1. The number of nitrogens with zero attached hydrogens (tertiary/aromatic N) is 1. The zero-order valence-electron chi connectivity index (χ0n) is 16.1. The number of rotatable bonds is 4. The molecule has 0 radical (unpaired) electrons. The lowest BCUT2D eigenvalue weighted by Crippen LogP contribution is -2.34. The number of aromatic amines is 1. The van der Waals surface area contributed by atoms with Gasteiger partial charge in [-0.2, -0.15) is 0 Å². The highest BCUT2D eigenvalue weighted by Gasteiger charge is 2.21. The molecule has 5 nitrogen and oxygen atoms in total. The largest absolute Gasteiger partial charge is 0.358 e. The quantitative estimate of drug-likeness (QED) is 0.727. The Hall–Kier alpha value is -3.08. The lowest BCUT2D eigenvalue weighted by molar-refractivity contribution is -0.118. The molecular weight excluding hydrogens is 350 g/mol. The summed E-state index contributed by atoms with van der Waals surface area (Å²) in [4.78, 5) is 29.0. The molecule has 0 saturated carbocycles. The normalized spacial score (nSPS) is 15.0. The van der Waals surface area contributed by atoms with E-state index in [1.807, 2.05) is 12.1 Å². The molecular formula is C23H25N3O2. The van der Waals surface area contributed by atoms with Crippen molar-refractivity contribution >= 4 is 28.5 Å². The minimum absolute atomic E-state index is 0.349. The van der Waals surface area contributed by atoms with Gasteiger partial charge in [-0.25, -0.2) is 0 Å². The molecule has 3 aromatic rings. The summed E-state index contributed by atoms with van der Waals surface area (Å²) in [6.45, 7) is 3.40. The Balaban J connectivity index is 1.42. The lowest BCUT2D eigenvalue weighted by atomic mass is 9.90. The molecule has 2 aromatic carbocycles. The average molecular weight is 375 g/mol. The Morgan fingerprint density at radius 2 is 1.82 bits per heavy atom. The van der Waals surface area contributed by atoms with E-state index in [0.29, 0.717) is 5.56 Å². The predicted molar refractivity (Wildman–Crippen MR) is 112 cm³/mol. The van der Waals surface area contributed by atoms with Gasteiger partial charge in [0.1, 0.15) is 5.82 Å². The van der Waals surface area contributed by atoms with Crippen molar-refractivity contribution in [1.82, 2.24) is 10.3 Å². The molecule has 1 aliphatic rings. The minimum atomic E-state index is -0.362. The fourth-order valence-corrected chi connectivity index (χ4v) is 3.99. The third-order valence-corrected chi connectivity index (χ3v) is 5.48. The summed E-state index contributed by atoms with van der Waals surface area (Å²) in [6.07, 6.45) is 3.50. The SMILES string of the molecule is CC(=O)NC(=O)c1ccc2[nH]c(N3CCC(Cc4ccccc4)CC3)cc2c1. The summed E-state index contributed by atoms with van der Waals surface area (Å²) in [7, 11) is 0. The summed E-state index contributed by atoms with van der Waals surface area (Å²) < 4.78 is 0. The maximum atomic E-state index is 12.0. The standard InChI is InChI=1S/C23H25N3O2/c1-16(27)24-23(28)19-7-8-21-20(14-19)15-22(25-21)26-11-9-18(10-12-26)13-17-5-3-2-4-6-17/h2-8,14-15,18,25H,9-13H2,1H3,(H,24,27,28). The molecule has 0 bridgehead atoms. The summed E-state index contributed by atoms with van der Waals surface area (Å²) in [5, 5.41) is 3.30. The Morgan fingerprint density at radius 3 is 2.54 bits per heavy atom. The van der Waals surface area contributed by atoms with Crippen molar-refractivity contribution in [3.63, 3.8) is 0 Å². The summed E-state index contributed by atoms with van der Waals surface area (Å²) in [5.41, 5.74) is 2.92. The first-order valence-corrected chi connectivity index (χ1v) is 9.82. The summed E-state index contributed by atoms with van der Waals surface area (Å²) >= 11 is 0. The summed E-state index contributed by atoms with van der Waals surface area (Å²) in [5.74, 6) is 1.11. The monoisotopic (exact) mass is 375 g/mol. The van der Waals surface area contributed by atoms with Crippen LogP contribution in [0.4, 0.5) is 5.82 Å². The van der Waals surface area contributed by atoms with E-state index in [-0.39, 0.29) is 11.8 Å². The van der Waals surface area contributed by atoms with Gasteiger partial charge >= 0.3 is 0 Å². The highest BCUT2D eigenvalue weighted by Crippen LogP contribution is 2.28. The Morgan fingerprint density at radius 1 is 1.07 bits per heavy atom. The van der Waals surface area contributed by atoms with Crippen LogP contribution in [-0.4, -0.2) is 29.9 Å². The third kappa shape index (κ3) is 4.09. The van der Waals surface area contributed by atoms with Gasteiger partial charge in [0.05, 0.1) is 0 Å². The molecule has 1 saturated heterocycles. The van der Waals surface area contributed by atoms with Gasteiger partial charge in [0.25, 0.3) is 5.91 Å². The van der Waals surface area contributed by atoms with E-state index in [9.17, 15) is 9.59 Å². The van der Waals surface area contributed by atoms with Gasteiger partial charge in [-0.1, -0.05) is 30.3 Å². The minimum Gasteiger partial charge on any atom is -0.358 e. The van der Waals surface area contributed by atoms with Gasteiger partial charge in [0, 0.05) is 36.5 Å². The number of aromatic nitrogens is 1. The van der Waals surface area contributed by atoms with Crippen molar-refractivity contribution in [1.29, 1.82) is 0 Å². The van der Waals surface area contributed by atoms with Crippen LogP contribution in [0.2, 0.25) is 0 Å². The van der Waals surface area contributed by atoms with Crippen molar-refractivity contribution < 1.29 is 9.59 Å². The molecule has 0 atom stereocenters. The Labute approximate surface area is 164 Å². The number of benzene rings is 2. The van der Waals surface area contributed by atoms with Crippen molar-refractivity contribution in [3.8, 4) is 0 Å². The van der Waals surface area contributed by atoms with E-state index in [2.05, 4.69) is 51.6 Å². The number of imide groups is 1. The molecule has 2 amide bonds. The van der Waals surface area contributed by atoms with Gasteiger partial charge in [-0.3, -0.25) is 14.9 Å². The van der Waals surface area contributed by atoms with Gasteiger partial charge < -0.3 is 9.88 Å². The van der Waals surface area contributed by atoms with E-state index < -0.39 is 0 Å². The topological polar surface area (TPSA) is 65.2 Å². The highest BCUT2D eigenvalue weighted by atomic mass is 16.2. The number of nitrogens with one attached hydrogen (secondary N) is 2. The highest BCUT2D eigenvalue weighted by molar-refractivity contribution is 6.06. The van der Waals surface area contributed by atoms with E-state index >= 15 is 0 Å². The second-order valence-electron chi connectivity index (χ2n) is 7.59. The van der Waals surface area contributed by atoms with Gasteiger partial charge in [0.15, 0.2) is 0 Å². The predicted octanol–water partition coefficient (Wildman–Crippen LogP) is 3.90. The van der Waals surface area contributed by atoms with Crippen LogP contribution >= 0.6 is 0 Å². The number of piperidine rings is 1. The lowest BCUT2D eigenvalue weighted by Gasteiger charge is -2.32. The molecule has 0 spiro atoms. The third-order valence-electron chi connectivity index (χ3n) is 5.48. The van der Waals surface area contributed by atoms with Gasteiger partial charge in [-0.15, -0.1) is 0 Å². The number of carbonyl (C=O) groups is 2. The Kier molecular flexibility index (Phi) is 5.15. The molecule has 1 fully saturated rings.